The first-order chi connectivity index (χ1) is 11.3. The molecular formula is C19H24NO3+. The first-order valence-corrected chi connectivity index (χ1v) is 8.07. The third-order valence-electron chi connectivity index (χ3n) is 4.35. The van der Waals surface area contributed by atoms with Crippen LogP contribution >= 0.6 is 0 Å². The summed E-state index contributed by atoms with van der Waals surface area (Å²) >= 11 is 0. The summed E-state index contributed by atoms with van der Waals surface area (Å²) in [5.41, 5.74) is 3.92. The maximum absolute atomic E-state index is 5.54. The van der Waals surface area contributed by atoms with Crippen LogP contribution in [0.15, 0.2) is 36.4 Å². The van der Waals surface area contributed by atoms with Gasteiger partial charge in [0.25, 0.3) is 0 Å². The van der Waals surface area contributed by atoms with Crippen molar-refractivity contribution in [1.29, 1.82) is 0 Å². The first-order valence-electron chi connectivity index (χ1n) is 8.07. The van der Waals surface area contributed by atoms with Crippen molar-refractivity contribution in [2.24, 2.45) is 0 Å². The molecule has 0 aromatic heterocycles. The smallest absolute Gasteiger partial charge is 0.161 e. The molecule has 0 fully saturated rings. The highest BCUT2D eigenvalue weighted by molar-refractivity contribution is 5.50. The van der Waals surface area contributed by atoms with E-state index in [1.54, 1.807) is 14.2 Å². The van der Waals surface area contributed by atoms with Gasteiger partial charge in [-0.25, -0.2) is 0 Å². The maximum atomic E-state index is 5.54. The van der Waals surface area contributed by atoms with Crippen molar-refractivity contribution >= 4 is 0 Å². The van der Waals surface area contributed by atoms with E-state index in [4.69, 9.17) is 14.2 Å². The van der Waals surface area contributed by atoms with Gasteiger partial charge in [0, 0.05) is 17.5 Å². The molecule has 0 amide bonds. The summed E-state index contributed by atoms with van der Waals surface area (Å²) in [6.45, 7) is 3.76. The summed E-state index contributed by atoms with van der Waals surface area (Å²) in [7, 11) is 3.37. The lowest BCUT2D eigenvalue weighted by Gasteiger charge is -2.25. The minimum atomic E-state index is 0.286. The second kappa shape index (κ2) is 6.92. The molecule has 1 aliphatic rings. The normalized spacial score (nSPS) is 16.6. The summed E-state index contributed by atoms with van der Waals surface area (Å²) < 4.78 is 16.5. The quantitative estimate of drug-likeness (QED) is 0.921. The molecule has 0 aliphatic carbocycles. The standard InChI is InChI=1S/C19H23NO3/c1-4-23-15-7-5-13(6-8-15)19-16-12-18(22-3)17(21-2)11-14(16)9-10-20-19/h5-8,11-12,19-20H,4,9-10H2,1-3H3/p+1/t19-/m1/s1. The fourth-order valence-electron chi connectivity index (χ4n) is 3.23. The van der Waals surface area contributed by atoms with Gasteiger partial charge in [-0.05, 0) is 48.9 Å². The van der Waals surface area contributed by atoms with Crippen LogP contribution in [0.3, 0.4) is 0 Å². The van der Waals surface area contributed by atoms with Crippen LogP contribution in [-0.2, 0) is 6.42 Å². The molecule has 0 saturated carbocycles. The molecule has 23 heavy (non-hydrogen) atoms. The summed E-state index contributed by atoms with van der Waals surface area (Å²) in [4.78, 5) is 0. The van der Waals surface area contributed by atoms with Crippen LogP contribution in [0.5, 0.6) is 17.2 Å². The number of benzene rings is 2. The van der Waals surface area contributed by atoms with Crippen molar-refractivity contribution in [3.05, 3.63) is 53.1 Å². The second-order valence-corrected chi connectivity index (χ2v) is 5.66. The van der Waals surface area contributed by atoms with Gasteiger partial charge in [0.2, 0.25) is 0 Å². The summed E-state index contributed by atoms with van der Waals surface area (Å²) in [6.07, 6.45) is 1.04. The molecule has 0 spiro atoms. The van der Waals surface area contributed by atoms with E-state index in [1.165, 1.54) is 16.7 Å². The Kier molecular flexibility index (Phi) is 4.72. The van der Waals surface area contributed by atoms with E-state index >= 15 is 0 Å². The van der Waals surface area contributed by atoms with E-state index in [-0.39, 0.29) is 6.04 Å². The Morgan fingerprint density at radius 3 is 2.39 bits per heavy atom. The Morgan fingerprint density at radius 2 is 1.74 bits per heavy atom. The number of ether oxygens (including phenoxy) is 3. The molecule has 0 unspecified atom stereocenters. The van der Waals surface area contributed by atoms with Crippen LogP contribution in [0.25, 0.3) is 0 Å². The lowest BCUT2D eigenvalue weighted by atomic mass is 9.89. The van der Waals surface area contributed by atoms with Gasteiger partial charge in [-0.15, -0.1) is 0 Å². The zero-order valence-corrected chi connectivity index (χ0v) is 14.0. The lowest BCUT2D eigenvalue weighted by molar-refractivity contribution is -0.690. The van der Waals surface area contributed by atoms with Gasteiger partial charge in [-0.3, -0.25) is 0 Å². The molecule has 1 aliphatic heterocycles. The van der Waals surface area contributed by atoms with E-state index in [0.717, 1.165) is 30.2 Å². The highest BCUT2D eigenvalue weighted by atomic mass is 16.5. The molecule has 0 saturated heterocycles. The number of rotatable bonds is 5. The minimum Gasteiger partial charge on any atom is -0.494 e. The fraction of sp³-hybridized carbons (Fsp3) is 0.368. The summed E-state index contributed by atoms with van der Waals surface area (Å²) in [6, 6.07) is 12.9. The molecule has 0 radical (unpaired) electrons. The van der Waals surface area contributed by atoms with Crippen LogP contribution in [0.1, 0.15) is 29.7 Å². The molecule has 3 rings (SSSR count). The van der Waals surface area contributed by atoms with Gasteiger partial charge in [0.1, 0.15) is 11.8 Å². The van der Waals surface area contributed by atoms with Gasteiger partial charge in [-0.1, -0.05) is 0 Å². The van der Waals surface area contributed by atoms with E-state index in [0.29, 0.717) is 6.61 Å². The van der Waals surface area contributed by atoms with Crippen molar-refractivity contribution in [2.45, 2.75) is 19.4 Å². The molecular weight excluding hydrogens is 290 g/mol. The van der Waals surface area contributed by atoms with E-state index in [1.807, 2.05) is 19.1 Å². The van der Waals surface area contributed by atoms with Gasteiger partial charge in [-0.2, -0.15) is 0 Å². The number of hydrogen-bond donors (Lipinski definition) is 1. The van der Waals surface area contributed by atoms with Crippen molar-refractivity contribution in [3.8, 4) is 17.2 Å². The van der Waals surface area contributed by atoms with Crippen molar-refractivity contribution in [2.75, 3.05) is 27.4 Å². The number of fused-ring (bicyclic) bond motifs is 1. The van der Waals surface area contributed by atoms with Crippen LogP contribution in [0, 0.1) is 0 Å². The molecule has 2 aromatic rings. The lowest BCUT2D eigenvalue weighted by Crippen LogP contribution is -2.87. The van der Waals surface area contributed by atoms with Crippen LogP contribution < -0.4 is 19.5 Å². The Hall–Kier alpha value is -2.20. The monoisotopic (exact) mass is 314 g/mol. The molecule has 0 bridgehead atoms. The topological polar surface area (TPSA) is 44.3 Å². The van der Waals surface area contributed by atoms with E-state index in [9.17, 15) is 0 Å². The highest BCUT2D eigenvalue weighted by Crippen LogP contribution is 2.35. The van der Waals surface area contributed by atoms with Crippen LogP contribution in [0.4, 0.5) is 0 Å². The van der Waals surface area contributed by atoms with E-state index in [2.05, 4.69) is 29.6 Å². The Balaban J connectivity index is 1.97. The summed E-state index contributed by atoms with van der Waals surface area (Å²) in [5.74, 6) is 2.51. The zero-order valence-electron chi connectivity index (χ0n) is 14.0. The van der Waals surface area contributed by atoms with Gasteiger partial charge in [0.15, 0.2) is 11.5 Å². The third kappa shape index (κ3) is 3.13. The summed E-state index contributed by atoms with van der Waals surface area (Å²) in [5, 5.41) is 2.38. The van der Waals surface area contributed by atoms with Crippen molar-refractivity contribution in [1.82, 2.24) is 0 Å². The molecule has 2 aromatic carbocycles. The number of methoxy groups -OCH3 is 2. The van der Waals surface area contributed by atoms with Gasteiger partial charge in [0.05, 0.1) is 27.4 Å². The maximum Gasteiger partial charge on any atom is 0.161 e. The van der Waals surface area contributed by atoms with Crippen LogP contribution in [0.2, 0.25) is 0 Å². The molecule has 2 N–H and O–H groups in total. The third-order valence-corrected chi connectivity index (χ3v) is 4.35. The Morgan fingerprint density at radius 1 is 1.04 bits per heavy atom. The van der Waals surface area contributed by atoms with Gasteiger partial charge < -0.3 is 19.5 Å². The van der Waals surface area contributed by atoms with Crippen molar-refractivity contribution < 1.29 is 19.5 Å². The second-order valence-electron chi connectivity index (χ2n) is 5.66. The fourth-order valence-corrected chi connectivity index (χ4v) is 3.23. The molecule has 1 heterocycles. The average molecular weight is 314 g/mol. The van der Waals surface area contributed by atoms with E-state index < -0.39 is 0 Å². The predicted molar refractivity (Wildman–Crippen MR) is 89.5 cm³/mol. The molecule has 122 valence electrons. The van der Waals surface area contributed by atoms with Gasteiger partial charge >= 0.3 is 0 Å². The predicted octanol–water partition coefficient (Wildman–Crippen LogP) is 2.31. The molecule has 1 atom stereocenters. The highest BCUT2D eigenvalue weighted by Gasteiger charge is 2.27. The minimum absolute atomic E-state index is 0.286. The molecule has 4 heteroatoms. The first kappa shape index (κ1) is 15.7. The van der Waals surface area contributed by atoms with Crippen LogP contribution in [-0.4, -0.2) is 27.4 Å². The molecule has 4 nitrogen and oxygen atoms in total. The zero-order chi connectivity index (χ0) is 16.2. The average Bonchev–Trinajstić information content (AvgIpc) is 2.61. The number of nitrogens with two attached hydrogens (primary N) is 1. The SMILES string of the molecule is CCOc1ccc([C@H]2[NH2+]CCc3cc(OC)c(OC)cc32)cc1. The van der Waals surface area contributed by atoms with Crippen molar-refractivity contribution in [3.63, 3.8) is 0 Å². The number of quaternary nitrogens is 1. The number of hydrogen-bond acceptors (Lipinski definition) is 3. The Bertz CT molecular complexity index is 667. The Labute approximate surface area is 137 Å². The largest absolute Gasteiger partial charge is 0.494 e.